The highest BCUT2D eigenvalue weighted by atomic mass is 35.5. The van der Waals surface area contributed by atoms with Gasteiger partial charge in [0.15, 0.2) is 0 Å². The van der Waals surface area contributed by atoms with E-state index >= 15 is 0 Å². The lowest BCUT2D eigenvalue weighted by Gasteiger charge is -2.29. The molecule has 3 aromatic heterocycles. The van der Waals surface area contributed by atoms with Crippen molar-refractivity contribution in [3.8, 4) is 11.3 Å². The lowest BCUT2D eigenvalue weighted by atomic mass is 9.86. The van der Waals surface area contributed by atoms with Crippen LogP contribution in [0.15, 0.2) is 36.7 Å². The number of H-pyrrole nitrogens is 1. The lowest BCUT2D eigenvalue weighted by Crippen LogP contribution is -2.31. The van der Waals surface area contributed by atoms with Crippen LogP contribution in [0.25, 0.3) is 22.3 Å². The fourth-order valence-electron chi connectivity index (χ4n) is 3.80. The molecular weight excluding hydrogens is 398 g/mol. The minimum Gasteiger partial charge on any atom is -0.367 e. The average molecular weight is 420 g/mol. The summed E-state index contributed by atoms with van der Waals surface area (Å²) in [7, 11) is -2.51. The molecule has 0 radical (unpaired) electrons. The Labute approximate surface area is 170 Å². The predicted molar refractivity (Wildman–Crippen MR) is 112 cm³/mol. The number of aromatic amines is 1. The van der Waals surface area contributed by atoms with E-state index in [0.717, 1.165) is 53.8 Å². The van der Waals surface area contributed by atoms with Crippen LogP contribution in [0.2, 0.25) is 5.02 Å². The van der Waals surface area contributed by atoms with E-state index in [0.29, 0.717) is 23.5 Å². The number of nitrogens with zero attached hydrogens (tertiary/aromatic N) is 2. The molecule has 0 atom stereocenters. The molecule has 4 rings (SSSR count). The van der Waals surface area contributed by atoms with Gasteiger partial charge in [-0.1, -0.05) is 11.6 Å². The van der Waals surface area contributed by atoms with Gasteiger partial charge < -0.3 is 10.3 Å². The fraction of sp³-hybridized carbons (Fsp3) is 0.368. The minimum absolute atomic E-state index is 0.306. The standard InChI is InChI=1S/C19H22ClN5O2S/c20-13-8-17(16-11-22-19-15(16)2-1-7-21-19)25-18(9-13)24-14-5-3-12(4-6-14)10-23-28(26)27/h1-2,7-9,11-12,14,28H,3-6,10H2,(H,21,22)(H,24,25)(H,23,26,27). The van der Waals surface area contributed by atoms with Crippen molar-refractivity contribution in [2.45, 2.75) is 31.7 Å². The molecule has 148 valence electrons. The molecule has 3 N–H and O–H groups in total. The lowest BCUT2D eigenvalue weighted by molar-refractivity contribution is 0.337. The number of anilines is 1. The van der Waals surface area contributed by atoms with Gasteiger partial charge in [-0.15, -0.1) is 0 Å². The molecule has 1 saturated carbocycles. The smallest absolute Gasteiger partial charge is 0.201 e. The molecule has 0 unspecified atom stereocenters. The van der Waals surface area contributed by atoms with Gasteiger partial charge in [0.2, 0.25) is 10.9 Å². The largest absolute Gasteiger partial charge is 0.367 e. The second kappa shape index (κ2) is 8.46. The molecule has 3 heterocycles. The maximum absolute atomic E-state index is 10.7. The zero-order valence-corrected chi connectivity index (χ0v) is 16.8. The van der Waals surface area contributed by atoms with Crippen molar-refractivity contribution in [1.29, 1.82) is 0 Å². The van der Waals surface area contributed by atoms with Crippen LogP contribution in [0.5, 0.6) is 0 Å². The molecule has 0 aliphatic heterocycles. The molecule has 0 amide bonds. The number of rotatable bonds is 6. The third kappa shape index (κ3) is 4.45. The molecule has 7 nitrogen and oxygen atoms in total. The van der Waals surface area contributed by atoms with Crippen LogP contribution in [0.1, 0.15) is 25.7 Å². The van der Waals surface area contributed by atoms with E-state index in [2.05, 4.69) is 20.0 Å². The van der Waals surface area contributed by atoms with Crippen LogP contribution < -0.4 is 10.0 Å². The molecule has 0 saturated heterocycles. The van der Waals surface area contributed by atoms with Gasteiger partial charge in [-0.3, -0.25) is 0 Å². The highest BCUT2D eigenvalue weighted by molar-refractivity contribution is 7.70. The number of aromatic nitrogens is 3. The molecular formula is C19H22ClN5O2S. The van der Waals surface area contributed by atoms with Gasteiger partial charge in [-0.05, 0) is 55.9 Å². The van der Waals surface area contributed by atoms with Crippen molar-refractivity contribution in [3.63, 3.8) is 0 Å². The van der Waals surface area contributed by atoms with Crippen molar-refractivity contribution in [3.05, 3.63) is 41.7 Å². The van der Waals surface area contributed by atoms with Gasteiger partial charge >= 0.3 is 0 Å². The van der Waals surface area contributed by atoms with Gasteiger partial charge in [0.25, 0.3) is 0 Å². The molecule has 1 fully saturated rings. The van der Waals surface area contributed by atoms with Crippen LogP contribution in [-0.4, -0.2) is 36.0 Å². The van der Waals surface area contributed by atoms with Gasteiger partial charge in [0.05, 0.1) is 5.69 Å². The summed E-state index contributed by atoms with van der Waals surface area (Å²) in [5.41, 5.74) is 2.59. The molecule has 1 aliphatic rings. The number of thiol groups is 1. The molecule has 28 heavy (non-hydrogen) atoms. The molecule has 1 aliphatic carbocycles. The van der Waals surface area contributed by atoms with Gasteiger partial charge in [-0.2, -0.15) is 0 Å². The molecule has 0 bridgehead atoms. The summed E-state index contributed by atoms with van der Waals surface area (Å²) in [6.45, 7) is 0.527. The van der Waals surface area contributed by atoms with E-state index in [1.54, 1.807) is 6.20 Å². The van der Waals surface area contributed by atoms with Crippen LogP contribution >= 0.6 is 11.6 Å². The first kappa shape index (κ1) is 19.2. The maximum atomic E-state index is 10.7. The van der Waals surface area contributed by atoms with Gasteiger partial charge in [-0.25, -0.2) is 23.1 Å². The number of fused-ring (bicyclic) bond motifs is 1. The van der Waals surface area contributed by atoms with Crippen molar-refractivity contribution >= 4 is 39.3 Å². The first-order valence-electron chi connectivity index (χ1n) is 9.33. The monoisotopic (exact) mass is 419 g/mol. The zero-order chi connectivity index (χ0) is 19.5. The molecule has 0 aromatic carbocycles. The third-order valence-corrected chi connectivity index (χ3v) is 5.88. The van der Waals surface area contributed by atoms with Crippen LogP contribution in [0.3, 0.4) is 0 Å². The zero-order valence-electron chi connectivity index (χ0n) is 15.2. The van der Waals surface area contributed by atoms with Crippen molar-refractivity contribution in [2.75, 3.05) is 11.9 Å². The summed E-state index contributed by atoms with van der Waals surface area (Å²) in [4.78, 5) is 12.3. The number of pyridine rings is 2. The Bertz CT molecular complexity index is 1040. The topological polar surface area (TPSA) is 99.8 Å². The van der Waals surface area contributed by atoms with Crippen molar-refractivity contribution < 1.29 is 8.42 Å². The number of nitrogens with one attached hydrogen (secondary N) is 3. The summed E-state index contributed by atoms with van der Waals surface area (Å²) < 4.78 is 23.9. The van der Waals surface area contributed by atoms with Crippen molar-refractivity contribution in [1.82, 2.24) is 19.7 Å². The normalized spacial score (nSPS) is 19.9. The van der Waals surface area contributed by atoms with Gasteiger partial charge in [0.1, 0.15) is 11.5 Å². The summed E-state index contributed by atoms with van der Waals surface area (Å²) in [6.07, 6.45) is 7.57. The Hall–Kier alpha value is -2.16. The Kier molecular flexibility index (Phi) is 5.79. The SMILES string of the molecule is O=[SH](=O)NCC1CCC(Nc2cc(Cl)cc(-c3c[nH]c4ncccc34)n2)CC1. The summed E-state index contributed by atoms with van der Waals surface area (Å²) in [6, 6.07) is 7.91. The Morgan fingerprint density at radius 3 is 2.82 bits per heavy atom. The van der Waals surface area contributed by atoms with Crippen LogP contribution in [0.4, 0.5) is 5.82 Å². The van der Waals surface area contributed by atoms with Crippen molar-refractivity contribution in [2.24, 2.45) is 5.92 Å². The Morgan fingerprint density at radius 1 is 1.21 bits per heavy atom. The van der Waals surface area contributed by atoms with Crippen LogP contribution in [-0.2, 0) is 10.9 Å². The van der Waals surface area contributed by atoms with Gasteiger partial charge in [0, 0.05) is 41.0 Å². The van der Waals surface area contributed by atoms with E-state index in [9.17, 15) is 8.42 Å². The summed E-state index contributed by atoms with van der Waals surface area (Å²) in [5, 5.41) is 5.13. The van der Waals surface area contributed by atoms with E-state index < -0.39 is 10.9 Å². The predicted octanol–water partition coefficient (Wildman–Crippen LogP) is 3.37. The molecule has 3 aromatic rings. The second-order valence-electron chi connectivity index (χ2n) is 7.14. The Balaban J connectivity index is 1.46. The number of halogens is 1. The average Bonchev–Trinajstić information content (AvgIpc) is 3.11. The van der Waals surface area contributed by atoms with E-state index in [-0.39, 0.29) is 0 Å². The first-order chi connectivity index (χ1) is 13.6. The summed E-state index contributed by atoms with van der Waals surface area (Å²) in [5.74, 6) is 1.15. The quantitative estimate of drug-likeness (QED) is 0.459. The second-order valence-corrected chi connectivity index (χ2v) is 8.41. The van der Waals surface area contributed by atoms with E-state index in [4.69, 9.17) is 16.6 Å². The highest BCUT2D eigenvalue weighted by Crippen LogP contribution is 2.31. The highest BCUT2D eigenvalue weighted by Gasteiger charge is 2.21. The number of hydrogen-bond donors (Lipinski definition) is 4. The molecule has 9 heteroatoms. The third-order valence-electron chi connectivity index (χ3n) is 5.23. The Morgan fingerprint density at radius 2 is 2.04 bits per heavy atom. The van der Waals surface area contributed by atoms with E-state index in [1.165, 1.54) is 0 Å². The summed E-state index contributed by atoms with van der Waals surface area (Å²) >= 11 is 6.36. The fourth-order valence-corrected chi connectivity index (χ4v) is 4.41. The number of hydrogen-bond acceptors (Lipinski definition) is 5. The van der Waals surface area contributed by atoms with E-state index in [1.807, 2.05) is 30.5 Å². The van der Waals surface area contributed by atoms with Crippen LogP contribution in [0, 0.1) is 5.92 Å². The molecule has 0 spiro atoms. The maximum Gasteiger partial charge on any atom is 0.201 e. The minimum atomic E-state index is -2.51. The first-order valence-corrected chi connectivity index (χ1v) is 10.9.